The van der Waals surface area contributed by atoms with Crippen molar-refractivity contribution in [2.75, 3.05) is 0 Å². The average molecular weight is 219 g/mol. The van der Waals surface area contributed by atoms with E-state index >= 15 is 0 Å². The van der Waals surface area contributed by atoms with Crippen molar-refractivity contribution in [1.29, 1.82) is 0 Å². The fourth-order valence-electron chi connectivity index (χ4n) is 0.839. The summed E-state index contributed by atoms with van der Waals surface area (Å²) in [7, 11) is 0. The molecule has 0 saturated heterocycles. The van der Waals surface area contributed by atoms with Gasteiger partial charge in [-0.25, -0.2) is 4.98 Å². The number of aromatic nitrogens is 2. The summed E-state index contributed by atoms with van der Waals surface area (Å²) in [5.41, 5.74) is -0.939. The van der Waals surface area contributed by atoms with Crippen LogP contribution < -0.4 is 5.32 Å². The minimum atomic E-state index is -4.45. The molecule has 82 valence electrons. The number of nitrogens with one attached hydrogen (secondary N) is 2. The number of hydrogen-bond donors (Lipinski definition) is 2. The van der Waals surface area contributed by atoms with Gasteiger partial charge in [0.1, 0.15) is 11.5 Å². The smallest absolute Gasteiger partial charge is 0.345 e. The Morgan fingerprint density at radius 2 is 2.33 bits per heavy atom. The maximum atomic E-state index is 12.1. The summed E-state index contributed by atoms with van der Waals surface area (Å²) in [5, 5.41) is 2.30. The number of carbonyl (C=O) groups is 1. The Morgan fingerprint density at radius 1 is 1.67 bits per heavy atom. The number of halogens is 3. The maximum absolute atomic E-state index is 12.1. The second-order valence-electron chi connectivity index (χ2n) is 2.66. The van der Waals surface area contributed by atoms with E-state index in [1.807, 2.05) is 4.98 Å². The topological polar surface area (TPSA) is 57.8 Å². The van der Waals surface area contributed by atoms with E-state index in [4.69, 9.17) is 0 Å². The van der Waals surface area contributed by atoms with E-state index in [0.717, 1.165) is 6.08 Å². The van der Waals surface area contributed by atoms with Crippen LogP contribution in [-0.4, -0.2) is 15.9 Å². The molecule has 0 aliphatic carbocycles. The average Bonchev–Trinajstić information content (AvgIpc) is 2.61. The fraction of sp³-hybridized carbons (Fsp3) is 0.250. The third-order valence-electron chi connectivity index (χ3n) is 1.55. The summed E-state index contributed by atoms with van der Waals surface area (Å²) in [5.74, 6) is -0.433. The van der Waals surface area contributed by atoms with Crippen molar-refractivity contribution < 1.29 is 18.0 Å². The van der Waals surface area contributed by atoms with Gasteiger partial charge in [0.25, 0.3) is 0 Å². The van der Waals surface area contributed by atoms with Crippen molar-refractivity contribution in [1.82, 2.24) is 15.3 Å². The third-order valence-corrected chi connectivity index (χ3v) is 1.55. The largest absolute Gasteiger partial charge is 0.432 e. The lowest BCUT2D eigenvalue weighted by molar-refractivity contribution is -0.140. The number of nitrogens with zero attached hydrogens (tertiary/aromatic N) is 1. The van der Waals surface area contributed by atoms with Gasteiger partial charge in [-0.05, 0) is 6.08 Å². The number of hydrogen-bond acceptors (Lipinski definition) is 2. The van der Waals surface area contributed by atoms with Crippen LogP contribution in [0.2, 0.25) is 0 Å². The van der Waals surface area contributed by atoms with E-state index in [1.165, 1.54) is 0 Å². The number of carbonyl (C=O) groups excluding carboxylic acids is 1. The van der Waals surface area contributed by atoms with E-state index in [-0.39, 0.29) is 12.4 Å². The lowest BCUT2D eigenvalue weighted by atomic mass is 10.5. The second-order valence-corrected chi connectivity index (χ2v) is 2.66. The summed E-state index contributed by atoms with van der Waals surface area (Å²) in [6.07, 6.45) is -2.75. The number of rotatable bonds is 3. The second kappa shape index (κ2) is 4.16. The standard InChI is InChI=1S/C8H8F3N3O/c1-2-7(15)13-4-6-12-3-5(14-6)8(9,10)11/h2-3H,1,4H2,(H,12,14)(H,13,15). The van der Waals surface area contributed by atoms with Crippen LogP contribution in [0, 0.1) is 0 Å². The molecule has 1 aromatic rings. The van der Waals surface area contributed by atoms with Crippen molar-refractivity contribution >= 4 is 5.91 Å². The molecule has 0 aliphatic rings. The van der Waals surface area contributed by atoms with Crippen LogP contribution in [-0.2, 0) is 17.5 Å². The number of H-pyrrole nitrogens is 1. The van der Waals surface area contributed by atoms with E-state index < -0.39 is 17.8 Å². The zero-order valence-electron chi connectivity index (χ0n) is 7.56. The maximum Gasteiger partial charge on any atom is 0.432 e. The molecule has 0 radical (unpaired) electrons. The van der Waals surface area contributed by atoms with Crippen LogP contribution in [0.4, 0.5) is 13.2 Å². The molecule has 1 amide bonds. The molecular weight excluding hydrogens is 211 g/mol. The molecule has 0 aromatic carbocycles. The Hall–Kier alpha value is -1.79. The van der Waals surface area contributed by atoms with Crippen LogP contribution in [0.3, 0.4) is 0 Å². The Bertz CT molecular complexity index is 369. The molecule has 15 heavy (non-hydrogen) atoms. The van der Waals surface area contributed by atoms with Gasteiger partial charge in [-0.1, -0.05) is 6.58 Å². The molecule has 0 atom stereocenters. The SMILES string of the molecule is C=CC(=O)NCc1ncc(C(F)(F)F)[nH]1. The Kier molecular flexibility index (Phi) is 3.13. The van der Waals surface area contributed by atoms with Crippen molar-refractivity contribution in [3.63, 3.8) is 0 Å². The minimum absolute atomic E-state index is 0.0394. The summed E-state index contributed by atoms with van der Waals surface area (Å²) in [6, 6.07) is 0. The van der Waals surface area contributed by atoms with Gasteiger partial charge in [0, 0.05) is 0 Å². The summed E-state index contributed by atoms with van der Waals surface area (Å²) >= 11 is 0. The van der Waals surface area contributed by atoms with Crippen molar-refractivity contribution in [2.24, 2.45) is 0 Å². The number of imidazole rings is 1. The first-order chi connectivity index (χ1) is 6.93. The first kappa shape index (κ1) is 11.3. The van der Waals surface area contributed by atoms with Gasteiger partial charge in [0.15, 0.2) is 0 Å². The van der Waals surface area contributed by atoms with Gasteiger partial charge in [-0.2, -0.15) is 13.2 Å². The predicted molar refractivity (Wildman–Crippen MR) is 45.6 cm³/mol. The van der Waals surface area contributed by atoms with Crippen molar-refractivity contribution in [3.05, 3.63) is 30.4 Å². The first-order valence-electron chi connectivity index (χ1n) is 3.95. The van der Waals surface area contributed by atoms with Crippen LogP contribution in [0.1, 0.15) is 11.5 Å². The highest BCUT2D eigenvalue weighted by Gasteiger charge is 2.32. The van der Waals surface area contributed by atoms with Gasteiger partial charge < -0.3 is 10.3 Å². The van der Waals surface area contributed by atoms with Gasteiger partial charge in [0.05, 0.1) is 12.7 Å². The molecule has 0 aliphatic heterocycles. The van der Waals surface area contributed by atoms with Gasteiger partial charge >= 0.3 is 6.18 Å². The highest BCUT2D eigenvalue weighted by atomic mass is 19.4. The van der Waals surface area contributed by atoms with E-state index in [1.54, 1.807) is 0 Å². The number of alkyl halides is 3. The molecule has 4 nitrogen and oxygen atoms in total. The van der Waals surface area contributed by atoms with Crippen LogP contribution in [0.25, 0.3) is 0 Å². The molecule has 0 bridgehead atoms. The van der Waals surface area contributed by atoms with E-state index in [9.17, 15) is 18.0 Å². The van der Waals surface area contributed by atoms with E-state index in [0.29, 0.717) is 6.20 Å². The van der Waals surface area contributed by atoms with Crippen molar-refractivity contribution in [3.8, 4) is 0 Å². The molecule has 1 aromatic heterocycles. The molecule has 0 fully saturated rings. The lowest BCUT2D eigenvalue weighted by Crippen LogP contribution is -2.20. The molecule has 7 heteroatoms. The van der Waals surface area contributed by atoms with Gasteiger partial charge in [-0.3, -0.25) is 4.79 Å². The Balaban J connectivity index is 2.61. The Morgan fingerprint density at radius 3 is 2.80 bits per heavy atom. The van der Waals surface area contributed by atoms with Gasteiger partial charge in [-0.15, -0.1) is 0 Å². The molecule has 2 N–H and O–H groups in total. The molecule has 1 rings (SSSR count). The minimum Gasteiger partial charge on any atom is -0.345 e. The lowest BCUT2D eigenvalue weighted by Gasteiger charge is -2.01. The van der Waals surface area contributed by atoms with Gasteiger partial charge in [0.2, 0.25) is 5.91 Å². The third kappa shape index (κ3) is 3.12. The zero-order chi connectivity index (χ0) is 11.5. The monoisotopic (exact) mass is 219 g/mol. The summed E-state index contributed by atoms with van der Waals surface area (Å²) in [6.45, 7) is 3.10. The highest BCUT2D eigenvalue weighted by Crippen LogP contribution is 2.27. The summed E-state index contributed by atoms with van der Waals surface area (Å²) in [4.78, 5) is 16.2. The zero-order valence-corrected chi connectivity index (χ0v) is 7.56. The number of aromatic amines is 1. The normalized spacial score (nSPS) is 11.1. The fourth-order valence-corrected chi connectivity index (χ4v) is 0.839. The van der Waals surface area contributed by atoms with Crippen LogP contribution in [0.5, 0.6) is 0 Å². The first-order valence-corrected chi connectivity index (χ1v) is 3.95. The number of amides is 1. The quantitative estimate of drug-likeness (QED) is 0.751. The molecule has 1 heterocycles. The van der Waals surface area contributed by atoms with Crippen LogP contribution >= 0.6 is 0 Å². The molecular formula is C8H8F3N3O. The van der Waals surface area contributed by atoms with Crippen molar-refractivity contribution in [2.45, 2.75) is 12.7 Å². The highest BCUT2D eigenvalue weighted by molar-refractivity contribution is 5.86. The Labute approximate surface area is 83.2 Å². The molecule has 0 unspecified atom stereocenters. The summed E-state index contributed by atoms with van der Waals surface area (Å²) < 4.78 is 36.3. The van der Waals surface area contributed by atoms with Crippen LogP contribution in [0.15, 0.2) is 18.9 Å². The molecule has 0 saturated carbocycles. The van der Waals surface area contributed by atoms with E-state index in [2.05, 4.69) is 16.9 Å². The molecule has 0 spiro atoms. The predicted octanol–water partition coefficient (Wildman–Crippen LogP) is 1.23.